The maximum Gasteiger partial charge on any atom is 0.337 e. The van der Waals surface area contributed by atoms with Gasteiger partial charge in [-0.3, -0.25) is 9.36 Å². The molecule has 0 saturated carbocycles. The minimum Gasteiger partial charge on any atom is -0.465 e. The van der Waals surface area contributed by atoms with Crippen molar-refractivity contribution in [2.75, 3.05) is 7.11 Å². The van der Waals surface area contributed by atoms with Crippen LogP contribution < -0.4 is 5.56 Å². The van der Waals surface area contributed by atoms with Crippen molar-refractivity contribution in [1.29, 1.82) is 0 Å². The van der Waals surface area contributed by atoms with Gasteiger partial charge in [0.2, 0.25) is 0 Å². The number of methoxy groups -OCH3 is 1. The fourth-order valence-corrected chi connectivity index (χ4v) is 4.32. The number of nitrogens with zero attached hydrogens (tertiary/aromatic N) is 2. The molecule has 0 radical (unpaired) electrons. The van der Waals surface area contributed by atoms with Gasteiger partial charge in [-0.25, -0.2) is 9.78 Å². The van der Waals surface area contributed by atoms with E-state index in [2.05, 4.69) is 0 Å². The Morgan fingerprint density at radius 1 is 1.03 bits per heavy atom. The zero-order valence-electron chi connectivity index (χ0n) is 16.3. The van der Waals surface area contributed by atoms with Gasteiger partial charge >= 0.3 is 5.97 Å². The number of rotatable bonds is 5. The van der Waals surface area contributed by atoms with Crippen LogP contribution in [0.2, 0.25) is 10.0 Å². The monoisotopic (exact) mass is 470 g/mol. The summed E-state index contributed by atoms with van der Waals surface area (Å²) < 4.78 is 6.27. The lowest BCUT2D eigenvalue weighted by atomic mass is 10.1. The summed E-state index contributed by atoms with van der Waals surface area (Å²) in [6, 6.07) is 19.4. The molecule has 4 aromatic rings. The molecule has 8 heteroatoms. The van der Waals surface area contributed by atoms with Crippen molar-refractivity contribution < 1.29 is 9.53 Å². The van der Waals surface area contributed by atoms with Gasteiger partial charge in [0.1, 0.15) is 0 Å². The average Bonchev–Trinajstić information content (AvgIpc) is 2.79. The van der Waals surface area contributed by atoms with Crippen molar-refractivity contribution in [3.8, 4) is 5.69 Å². The summed E-state index contributed by atoms with van der Waals surface area (Å²) in [6.07, 6.45) is 0. The molecular weight excluding hydrogens is 455 g/mol. The molecule has 0 aliphatic rings. The molecule has 1 aromatic heterocycles. The molecule has 0 spiro atoms. The van der Waals surface area contributed by atoms with Gasteiger partial charge < -0.3 is 4.74 Å². The fraction of sp³-hybridized carbons (Fsp3) is 0.0870. The van der Waals surface area contributed by atoms with Crippen LogP contribution in [0.15, 0.2) is 76.7 Å². The Morgan fingerprint density at radius 3 is 2.48 bits per heavy atom. The van der Waals surface area contributed by atoms with Crippen molar-refractivity contribution in [1.82, 2.24) is 9.55 Å². The van der Waals surface area contributed by atoms with Gasteiger partial charge in [-0.2, -0.15) is 0 Å². The van der Waals surface area contributed by atoms with E-state index in [0.717, 1.165) is 5.56 Å². The van der Waals surface area contributed by atoms with Crippen molar-refractivity contribution in [3.05, 3.63) is 98.3 Å². The summed E-state index contributed by atoms with van der Waals surface area (Å²) in [5.74, 6) is 0.164. The highest BCUT2D eigenvalue weighted by Crippen LogP contribution is 2.28. The van der Waals surface area contributed by atoms with Crippen LogP contribution >= 0.6 is 35.0 Å². The lowest BCUT2D eigenvalue weighted by Crippen LogP contribution is -2.21. The quantitative estimate of drug-likeness (QED) is 0.210. The molecule has 0 unspecified atom stereocenters. The van der Waals surface area contributed by atoms with E-state index in [-0.39, 0.29) is 11.5 Å². The molecule has 0 aliphatic carbocycles. The molecule has 31 heavy (non-hydrogen) atoms. The standard InChI is InChI=1S/C23H16Cl2N2O3S/c1-30-22(29)15-8-6-14(7-9-15)13-31-23-26-20-5-3-2-4-17(20)21(28)27(23)16-10-11-18(24)19(25)12-16/h2-12H,13H2,1H3. The third kappa shape index (κ3) is 4.46. The van der Waals surface area contributed by atoms with Crippen LogP contribution in [0.3, 0.4) is 0 Å². The van der Waals surface area contributed by atoms with Crippen LogP contribution in [0.5, 0.6) is 0 Å². The number of para-hydroxylation sites is 1. The molecule has 0 atom stereocenters. The van der Waals surface area contributed by atoms with E-state index in [0.29, 0.717) is 43.1 Å². The third-order valence-electron chi connectivity index (χ3n) is 4.65. The summed E-state index contributed by atoms with van der Waals surface area (Å²) in [5, 5.41) is 1.81. The van der Waals surface area contributed by atoms with Crippen LogP contribution in [-0.2, 0) is 10.5 Å². The van der Waals surface area contributed by atoms with E-state index in [4.69, 9.17) is 32.9 Å². The summed E-state index contributed by atoms with van der Waals surface area (Å²) in [5.41, 5.74) is 2.47. The Bertz CT molecular complexity index is 1340. The molecule has 0 aliphatic heterocycles. The number of aromatic nitrogens is 2. The van der Waals surface area contributed by atoms with Crippen molar-refractivity contribution in [2.45, 2.75) is 10.9 Å². The van der Waals surface area contributed by atoms with E-state index < -0.39 is 0 Å². The fourth-order valence-electron chi connectivity index (χ4n) is 3.06. The topological polar surface area (TPSA) is 61.2 Å². The van der Waals surface area contributed by atoms with E-state index in [9.17, 15) is 9.59 Å². The molecule has 0 N–H and O–H groups in total. The summed E-state index contributed by atoms with van der Waals surface area (Å²) >= 11 is 13.7. The SMILES string of the molecule is COC(=O)c1ccc(CSc2nc3ccccc3c(=O)n2-c2ccc(Cl)c(Cl)c2)cc1. The predicted molar refractivity (Wildman–Crippen MR) is 125 cm³/mol. The first-order chi connectivity index (χ1) is 15.0. The first kappa shape index (κ1) is 21.4. The maximum absolute atomic E-state index is 13.3. The number of hydrogen-bond donors (Lipinski definition) is 0. The molecule has 0 amide bonds. The number of halogens is 2. The zero-order chi connectivity index (χ0) is 22.0. The Labute approximate surface area is 192 Å². The summed E-state index contributed by atoms with van der Waals surface area (Å²) in [6.45, 7) is 0. The van der Waals surface area contributed by atoms with Gasteiger partial charge in [-0.1, -0.05) is 59.2 Å². The van der Waals surface area contributed by atoms with E-state index in [1.54, 1.807) is 42.5 Å². The number of fused-ring (bicyclic) bond motifs is 1. The summed E-state index contributed by atoms with van der Waals surface area (Å²) in [4.78, 5) is 29.6. The number of carbonyl (C=O) groups is 1. The van der Waals surface area contributed by atoms with Crippen LogP contribution in [0.1, 0.15) is 15.9 Å². The Balaban J connectivity index is 1.74. The second-order valence-electron chi connectivity index (χ2n) is 6.63. The molecule has 4 rings (SSSR count). The van der Waals surface area contributed by atoms with Gasteiger partial charge in [-0.15, -0.1) is 0 Å². The largest absolute Gasteiger partial charge is 0.465 e. The number of thioether (sulfide) groups is 1. The molecule has 156 valence electrons. The first-order valence-corrected chi connectivity index (χ1v) is 11.0. The second-order valence-corrected chi connectivity index (χ2v) is 8.38. The van der Waals surface area contributed by atoms with Gasteiger partial charge in [0.25, 0.3) is 5.56 Å². The maximum atomic E-state index is 13.3. The average molecular weight is 471 g/mol. The number of benzene rings is 3. The highest BCUT2D eigenvalue weighted by molar-refractivity contribution is 7.98. The first-order valence-electron chi connectivity index (χ1n) is 9.25. The van der Waals surface area contributed by atoms with Crippen molar-refractivity contribution >= 4 is 51.8 Å². The lowest BCUT2D eigenvalue weighted by molar-refractivity contribution is 0.0600. The van der Waals surface area contributed by atoms with Crippen molar-refractivity contribution in [3.63, 3.8) is 0 Å². The zero-order valence-corrected chi connectivity index (χ0v) is 18.7. The van der Waals surface area contributed by atoms with Crippen LogP contribution in [0.25, 0.3) is 16.6 Å². The van der Waals surface area contributed by atoms with Crippen molar-refractivity contribution in [2.24, 2.45) is 0 Å². The number of carbonyl (C=O) groups excluding carboxylic acids is 1. The van der Waals surface area contributed by atoms with Gasteiger partial charge in [0.15, 0.2) is 5.16 Å². The lowest BCUT2D eigenvalue weighted by Gasteiger charge is -2.14. The second kappa shape index (κ2) is 9.14. The highest BCUT2D eigenvalue weighted by atomic mass is 35.5. The summed E-state index contributed by atoms with van der Waals surface area (Å²) in [7, 11) is 1.35. The van der Waals surface area contributed by atoms with Crippen LogP contribution in [-0.4, -0.2) is 22.6 Å². The predicted octanol–water partition coefficient (Wildman–Crippen LogP) is 5.77. The minimum atomic E-state index is -0.385. The van der Waals surface area contributed by atoms with Gasteiger partial charge in [0, 0.05) is 5.75 Å². The number of ether oxygens (including phenoxy) is 1. The Kier molecular flexibility index (Phi) is 6.32. The van der Waals surface area contributed by atoms with Crippen LogP contribution in [0, 0.1) is 0 Å². The molecule has 1 heterocycles. The Morgan fingerprint density at radius 2 is 1.77 bits per heavy atom. The third-order valence-corrected chi connectivity index (χ3v) is 6.40. The molecule has 5 nitrogen and oxygen atoms in total. The number of esters is 1. The van der Waals surface area contributed by atoms with E-state index >= 15 is 0 Å². The van der Waals surface area contributed by atoms with E-state index in [1.807, 2.05) is 24.3 Å². The normalized spacial score (nSPS) is 10.9. The molecule has 0 saturated heterocycles. The Hall–Kier alpha value is -2.80. The highest BCUT2D eigenvalue weighted by Gasteiger charge is 2.15. The number of hydrogen-bond acceptors (Lipinski definition) is 5. The smallest absolute Gasteiger partial charge is 0.337 e. The molecule has 3 aromatic carbocycles. The van der Waals surface area contributed by atoms with E-state index in [1.165, 1.54) is 23.4 Å². The molecule has 0 bridgehead atoms. The molecular formula is C23H16Cl2N2O3S. The molecule has 0 fully saturated rings. The minimum absolute atomic E-state index is 0.187. The van der Waals surface area contributed by atoms with Crippen LogP contribution in [0.4, 0.5) is 0 Å². The van der Waals surface area contributed by atoms with Gasteiger partial charge in [0.05, 0.1) is 39.3 Å². The van der Waals surface area contributed by atoms with Gasteiger partial charge in [-0.05, 0) is 48.0 Å².